The van der Waals surface area contributed by atoms with Crippen LogP contribution in [0.1, 0.15) is 5.56 Å². The third kappa shape index (κ3) is 4.30. The Hall–Kier alpha value is -2.45. The monoisotopic (exact) mass is 368 g/mol. The largest absolute Gasteiger partial charge is 0.325 e. The Labute approximate surface area is 143 Å². The third-order valence-electron chi connectivity index (χ3n) is 3.13. The van der Waals surface area contributed by atoms with Crippen molar-refractivity contribution in [1.82, 2.24) is 0 Å². The van der Waals surface area contributed by atoms with Crippen LogP contribution < -0.4 is 5.32 Å². The Morgan fingerprint density at radius 2 is 1.83 bits per heavy atom. The summed E-state index contributed by atoms with van der Waals surface area (Å²) in [7, 11) is -3.80. The molecule has 2 rings (SSSR count). The zero-order valence-corrected chi connectivity index (χ0v) is 14.1. The zero-order chi connectivity index (χ0) is 17.9. The molecule has 0 fully saturated rings. The average Bonchev–Trinajstić information content (AvgIpc) is 2.48. The van der Waals surface area contributed by atoms with Crippen LogP contribution in [-0.2, 0) is 14.6 Å². The second kappa shape index (κ2) is 6.98. The molecule has 0 saturated carbocycles. The van der Waals surface area contributed by atoms with Crippen LogP contribution in [0.2, 0.25) is 5.02 Å². The third-order valence-corrected chi connectivity index (χ3v) is 5.08. The van der Waals surface area contributed by atoms with Crippen LogP contribution in [0.5, 0.6) is 0 Å². The molecule has 1 amide bonds. The highest BCUT2D eigenvalue weighted by Crippen LogP contribution is 2.27. The minimum atomic E-state index is -3.80. The smallest absolute Gasteiger partial charge is 0.289 e. The van der Waals surface area contributed by atoms with E-state index >= 15 is 0 Å². The highest BCUT2D eigenvalue weighted by Gasteiger charge is 2.20. The summed E-state index contributed by atoms with van der Waals surface area (Å²) >= 11 is 5.68. The molecule has 0 aliphatic rings. The first kappa shape index (κ1) is 17.9. The molecule has 2 aromatic carbocycles. The number of nitro groups is 1. The Bertz CT molecular complexity index is 895. The Balaban J connectivity index is 2.14. The minimum Gasteiger partial charge on any atom is -0.325 e. The highest BCUT2D eigenvalue weighted by atomic mass is 35.5. The molecular formula is C15H13ClN2O5S. The van der Waals surface area contributed by atoms with Crippen molar-refractivity contribution in [3.05, 3.63) is 63.2 Å². The van der Waals surface area contributed by atoms with Crippen LogP contribution in [0.3, 0.4) is 0 Å². The van der Waals surface area contributed by atoms with Gasteiger partial charge in [-0.05, 0) is 31.2 Å². The molecule has 9 heteroatoms. The summed E-state index contributed by atoms with van der Waals surface area (Å²) in [5.74, 6) is -1.57. The van der Waals surface area contributed by atoms with Crippen molar-refractivity contribution in [3.63, 3.8) is 0 Å². The van der Waals surface area contributed by atoms with E-state index in [9.17, 15) is 23.3 Å². The lowest BCUT2D eigenvalue weighted by Crippen LogP contribution is -2.23. The first-order chi connectivity index (χ1) is 11.2. The van der Waals surface area contributed by atoms with Crippen molar-refractivity contribution >= 4 is 38.7 Å². The van der Waals surface area contributed by atoms with Crippen LogP contribution >= 0.6 is 11.6 Å². The van der Waals surface area contributed by atoms with Crippen LogP contribution in [0.15, 0.2) is 47.4 Å². The first-order valence-corrected chi connectivity index (χ1v) is 8.75. The van der Waals surface area contributed by atoms with Crippen LogP contribution in [-0.4, -0.2) is 25.0 Å². The molecule has 0 radical (unpaired) electrons. The number of carbonyl (C=O) groups is 1. The number of sulfone groups is 1. The maximum Gasteiger partial charge on any atom is 0.289 e. The Kier molecular flexibility index (Phi) is 5.20. The SMILES string of the molecule is Cc1ccc(S(=O)(=O)CC(=O)Nc2ccc(Cl)c([N+](=O)[O-])c2)cc1. The lowest BCUT2D eigenvalue weighted by atomic mass is 10.2. The van der Waals surface area contributed by atoms with Crippen molar-refractivity contribution in [3.8, 4) is 0 Å². The van der Waals surface area contributed by atoms with E-state index in [1.54, 1.807) is 12.1 Å². The number of rotatable bonds is 5. The van der Waals surface area contributed by atoms with Gasteiger partial charge >= 0.3 is 0 Å². The predicted octanol–water partition coefficient (Wildman–Crippen LogP) is 2.97. The zero-order valence-electron chi connectivity index (χ0n) is 12.5. The van der Waals surface area contributed by atoms with Gasteiger partial charge in [0.15, 0.2) is 9.84 Å². The van der Waals surface area contributed by atoms with Gasteiger partial charge in [0.2, 0.25) is 5.91 Å². The summed E-state index contributed by atoms with van der Waals surface area (Å²) < 4.78 is 24.4. The van der Waals surface area contributed by atoms with Gasteiger partial charge in [0.05, 0.1) is 9.82 Å². The summed E-state index contributed by atoms with van der Waals surface area (Å²) in [6.45, 7) is 1.82. The van der Waals surface area contributed by atoms with Gasteiger partial charge < -0.3 is 5.32 Å². The number of hydrogen-bond donors (Lipinski definition) is 1. The van der Waals surface area contributed by atoms with E-state index in [1.165, 1.54) is 24.3 Å². The molecular weight excluding hydrogens is 356 g/mol. The number of carbonyl (C=O) groups excluding carboxylic acids is 1. The maximum atomic E-state index is 12.2. The van der Waals surface area contributed by atoms with Gasteiger partial charge in [-0.3, -0.25) is 14.9 Å². The van der Waals surface area contributed by atoms with Gasteiger partial charge in [-0.2, -0.15) is 0 Å². The second-order valence-electron chi connectivity index (χ2n) is 5.04. The van der Waals surface area contributed by atoms with E-state index in [1.807, 2.05) is 6.92 Å². The van der Waals surface area contributed by atoms with Crippen molar-refractivity contribution in [2.75, 3.05) is 11.1 Å². The number of nitrogens with zero attached hydrogens (tertiary/aromatic N) is 1. The normalized spacial score (nSPS) is 11.1. The number of hydrogen-bond acceptors (Lipinski definition) is 5. The Morgan fingerprint density at radius 1 is 1.21 bits per heavy atom. The number of nitro benzene ring substituents is 1. The second-order valence-corrected chi connectivity index (χ2v) is 7.44. The molecule has 1 N–H and O–H groups in total. The van der Waals surface area contributed by atoms with Gasteiger partial charge in [0.25, 0.3) is 5.69 Å². The lowest BCUT2D eigenvalue weighted by Gasteiger charge is -2.07. The van der Waals surface area contributed by atoms with Crippen LogP contribution in [0, 0.1) is 17.0 Å². The highest BCUT2D eigenvalue weighted by molar-refractivity contribution is 7.92. The van der Waals surface area contributed by atoms with Crippen molar-refractivity contribution in [2.24, 2.45) is 0 Å². The van der Waals surface area contributed by atoms with Gasteiger partial charge in [-0.25, -0.2) is 8.42 Å². The standard InChI is InChI=1S/C15H13ClN2O5S/c1-10-2-5-12(6-3-10)24(22,23)9-15(19)17-11-4-7-13(16)14(8-11)18(20)21/h2-8H,9H2,1H3,(H,17,19). The molecule has 126 valence electrons. The molecule has 7 nitrogen and oxygen atoms in total. The van der Waals surface area contributed by atoms with E-state index in [0.717, 1.165) is 11.6 Å². The molecule has 0 spiro atoms. The fourth-order valence-corrected chi connectivity index (χ4v) is 3.25. The molecule has 0 saturated heterocycles. The van der Waals surface area contributed by atoms with E-state index in [4.69, 9.17) is 11.6 Å². The minimum absolute atomic E-state index is 0.0327. The number of halogens is 1. The van der Waals surface area contributed by atoms with Crippen molar-refractivity contribution < 1.29 is 18.1 Å². The van der Waals surface area contributed by atoms with Crippen LogP contribution in [0.4, 0.5) is 11.4 Å². The molecule has 0 atom stereocenters. The molecule has 0 unspecified atom stereocenters. The number of benzene rings is 2. The maximum absolute atomic E-state index is 12.2. The van der Waals surface area contributed by atoms with Crippen LogP contribution in [0.25, 0.3) is 0 Å². The number of nitrogens with one attached hydrogen (secondary N) is 1. The van der Waals surface area contributed by atoms with Gasteiger partial charge in [-0.15, -0.1) is 0 Å². The lowest BCUT2D eigenvalue weighted by molar-refractivity contribution is -0.384. The average molecular weight is 369 g/mol. The topological polar surface area (TPSA) is 106 Å². The Morgan fingerprint density at radius 3 is 2.42 bits per heavy atom. The summed E-state index contributed by atoms with van der Waals surface area (Å²) in [4.78, 5) is 22.1. The quantitative estimate of drug-likeness (QED) is 0.645. The van der Waals surface area contributed by atoms with E-state index in [0.29, 0.717) is 0 Å². The molecule has 2 aromatic rings. The van der Waals surface area contributed by atoms with Gasteiger partial charge in [0.1, 0.15) is 10.8 Å². The summed E-state index contributed by atoms with van der Waals surface area (Å²) in [6, 6.07) is 9.78. The molecule has 0 aliphatic heterocycles. The van der Waals surface area contributed by atoms with Crippen molar-refractivity contribution in [2.45, 2.75) is 11.8 Å². The van der Waals surface area contributed by atoms with Crippen molar-refractivity contribution in [1.29, 1.82) is 0 Å². The van der Waals surface area contributed by atoms with E-state index < -0.39 is 26.4 Å². The number of anilines is 1. The summed E-state index contributed by atoms with van der Waals surface area (Å²) in [5, 5.41) is 13.1. The molecule has 0 aliphatic carbocycles. The molecule has 0 bridgehead atoms. The summed E-state index contributed by atoms with van der Waals surface area (Å²) in [5.41, 5.74) is 0.609. The molecule has 0 aromatic heterocycles. The molecule has 24 heavy (non-hydrogen) atoms. The molecule has 0 heterocycles. The van der Waals surface area contributed by atoms with Gasteiger partial charge in [-0.1, -0.05) is 29.3 Å². The first-order valence-electron chi connectivity index (χ1n) is 6.72. The number of amides is 1. The fourth-order valence-electron chi connectivity index (χ4n) is 1.93. The van der Waals surface area contributed by atoms with Gasteiger partial charge in [0, 0.05) is 11.8 Å². The predicted molar refractivity (Wildman–Crippen MR) is 90.0 cm³/mol. The summed E-state index contributed by atoms with van der Waals surface area (Å²) in [6.07, 6.45) is 0. The van der Waals surface area contributed by atoms with E-state index in [-0.39, 0.29) is 21.3 Å². The number of aryl methyl sites for hydroxylation is 1. The fraction of sp³-hybridized carbons (Fsp3) is 0.133. The van der Waals surface area contributed by atoms with E-state index in [2.05, 4.69) is 5.32 Å².